The Bertz CT molecular complexity index is 379. The lowest BCUT2D eigenvalue weighted by Gasteiger charge is -2.21. The summed E-state index contributed by atoms with van der Waals surface area (Å²) in [4.78, 5) is 17.5. The van der Waals surface area contributed by atoms with Gasteiger partial charge in [-0.1, -0.05) is 0 Å². The van der Waals surface area contributed by atoms with Crippen LogP contribution in [0.5, 0.6) is 0 Å². The Kier molecular flexibility index (Phi) is 4.90. The van der Waals surface area contributed by atoms with E-state index in [4.69, 9.17) is 5.73 Å². The van der Waals surface area contributed by atoms with Crippen molar-refractivity contribution in [1.82, 2.24) is 9.88 Å². The average Bonchev–Trinajstić information content (AvgIpc) is 2.29. The molecule has 3 N–H and O–H groups in total. The number of nitrogens with two attached hydrogens (primary N) is 1. The number of pyridine rings is 1. The second-order valence-corrected chi connectivity index (χ2v) is 4.26. The molecule has 5 nitrogen and oxygen atoms in total. The summed E-state index contributed by atoms with van der Waals surface area (Å²) in [5, 5.41) is 3.13. The van der Waals surface area contributed by atoms with Crippen molar-refractivity contribution < 1.29 is 4.79 Å². The van der Waals surface area contributed by atoms with Crippen molar-refractivity contribution >= 4 is 11.7 Å². The molecule has 0 saturated carbocycles. The van der Waals surface area contributed by atoms with Crippen molar-refractivity contribution in [1.29, 1.82) is 0 Å². The van der Waals surface area contributed by atoms with Gasteiger partial charge < -0.3 is 16.0 Å². The third-order valence-corrected chi connectivity index (χ3v) is 2.71. The van der Waals surface area contributed by atoms with Crippen LogP contribution in [0.3, 0.4) is 0 Å². The normalized spacial score (nSPS) is 10.9. The highest BCUT2D eigenvalue weighted by atomic mass is 16.1. The summed E-state index contributed by atoms with van der Waals surface area (Å²) in [5.74, 6) is 0.0926. The Labute approximate surface area is 102 Å². The third-order valence-electron chi connectivity index (χ3n) is 2.71. The molecule has 0 atom stereocenters. The van der Waals surface area contributed by atoms with Gasteiger partial charge in [-0.05, 0) is 33.0 Å². The van der Waals surface area contributed by atoms with Gasteiger partial charge in [0, 0.05) is 25.3 Å². The van der Waals surface area contributed by atoms with Crippen LogP contribution in [0.15, 0.2) is 18.3 Å². The summed E-state index contributed by atoms with van der Waals surface area (Å²) in [6, 6.07) is 3.87. The molecule has 1 aromatic heterocycles. The van der Waals surface area contributed by atoms with Crippen molar-refractivity contribution in [2.24, 2.45) is 5.73 Å². The summed E-state index contributed by atoms with van der Waals surface area (Å²) < 4.78 is 0. The van der Waals surface area contributed by atoms with Gasteiger partial charge in [-0.3, -0.25) is 4.79 Å². The van der Waals surface area contributed by atoms with Crippen molar-refractivity contribution in [3.8, 4) is 0 Å². The van der Waals surface area contributed by atoms with Gasteiger partial charge in [0.25, 0.3) is 5.91 Å². The predicted octanol–water partition coefficient (Wildman–Crippen LogP) is 0.933. The first-order valence-corrected chi connectivity index (χ1v) is 5.71. The van der Waals surface area contributed by atoms with Crippen LogP contribution in [-0.2, 0) is 0 Å². The molecule has 0 bridgehead atoms. The number of hydrogen-bond acceptors (Lipinski definition) is 4. The maximum absolute atomic E-state index is 11.2. The fourth-order valence-electron chi connectivity index (χ4n) is 1.35. The molecule has 0 radical (unpaired) electrons. The summed E-state index contributed by atoms with van der Waals surface area (Å²) in [7, 11) is 2.06. The van der Waals surface area contributed by atoms with Crippen LogP contribution < -0.4 is 11.1 Å². The molecule has 17 heavy (non-hydrogen) atoms. The van der Waals surface area contributed by atoms with Crippen molar-refractivity contribution in [2.75, 3.05) is 25.5 Å². The Morgan fingerprint density at radius 1 is 1.59 bits per heavy atom. The number of carbonyl (C=O) groups is 1. The quantitative estimate of drug-likeness (QED) is 0.771. The number of nitrogens with zero attached hydrogens (tertiary/aromatic N) is 2. The molecule has 0 fully saturated rings. The molecule has 0 aromatic carbocycles. The molecular weight excluding hydrogens is 216 g/mol. The molecule has 0 aliphatic heterocycles. The molecule has 1 rings (SSSR count). The topological polar surface area (TPSA) is 71.2 Å². The first-order valence-electron chi connectivity index (χ1n) is 5.71. The van der Waals surface area contributed by atoms with Crippen molar-refractivity contribution in [3.63, 3.8) is 0 Å². The molecule has 1 amide bonds. The Balaban J connectivity index is 2.55. The van der Waals surface area contributed by atoms with E-state index in [0.717, 1.165) is 13.1 Å². The van der Waals surface area contributed by atoms with E-state index in [2.05, 4.69) is 36.1 Å². The van der Waals surface area contributed by atoms with Crippen LogP contribution in [-0.4, -0.2) is 42.0 Å². The average molecular weight is 236 g/mol. The summed E-state index contributed by atoms with van der Waals surface area (Å²) in [5.41, 5.74) is 5.70. The van der Waals surface area contributed by atoms with Gasteiger partial charge >= 0.3 is 0 Å². The van der Waals surface area contributed by atoms with Crippen LogP contribution in [0, 0.1) is 0 Å². The number of rotatable bonds is 6. The van der Waals surface area contributed by atoms with Gasteiger partial charge in [-0.2, -0.15) is 0 Å². The Morgan fingerprint density at radius 3 is 2.88 bits per heavy atom. The fraction of sp³-hybridized carbons (Fsp3) is 0.500. The minimum atomic E-state index is -0.460. The first-order chi connectivity index (χ1) is 8.02. The van der Waals surface area contributed by atoms with Crippen LogP contribution in [0.25, 0.3) is 0 Å². The maximum Gasteiger partial charge on any atom is 0.252 e. The summed E-state index contributed by atoms with van der Waals surface area (Å²) in [6.45, 7) is 5.88. The van der Waals surface area contributed by atoms with Gasteiger partial charge in [0.2, 0.25) is 0 Å². The van der Waals surface area contributed by atoms with Crippen LogP contribution in [0.2, 0.25) is 0 Å². The lowest BCUT2D eigenvalue weighted by Crippen LogP contribution is -2.31. The van der Waals surface area contributed by atoms with Crippen molar-refractivity contribution in [3.05, 3.63) is 23.9 Å². The van der Waals surface area contributed by atoms with E-state index >= 15 is 0 Å². The molecule has 0 spiro atoms. The van der Waals surface area contributed by atoms with Gasteiger partial charge in [-0.25, -0.2) is 4.98 Å². The molecule has 0 aliphatic carbocycles. The van der Waals surface area contributed by atoms with E-state index in [1.54, 1.807) is 18.3 Å². The van der Waals surface area contributed by atoms with E-state index < -0.39 is 5.91 Å². The van der Waals surface area contributed by atoms with E-state index in [-0.39, 0.29) is 0 Å². The molecule has 0 saturated heterocycles. The molecule has 94 valence electrons. The minimum Gasteiger partial charge on any atom is -0.368 e. The van der Waals surface area contributed by atoms with E-state index in [0.29, 0.717) is 17.4 Å². The van der Waals surface area contributed by atoms with Crippen LogP contribution >= 0.6 is 0 Å². The van der Waals surface area contributed by atoms with Gasteiger partial charge in [-0.15, -0.1) is 0 Å². The van der Waals surface area contributed by atoms with E-state index in [1.165, 1.54) is 0 Å². The van der Waals surface area contributed by atoms with Crippen LogP contribution in [0.1, 0.15) is 24.2 Å². The standard InChI is InChI=1S/C12H20N4O/c1-9(2)16(3)8-7-15-12-10(11(13)17)5-4-6-14-12/h4-6,9H,7-8H2,1-3H3,(H2,13,17)(H,14,15). The van der Waals surface area contributed by atoms with E-state index in [9.17, 15) is 4.79 Å². The number of carbonyl (C=O) groups excluding carboxylic acids is 1. The maximum atomic E-state index is 11.2. The van der Waals surface area contributed by atoms with Gasteiger partial charge in [0.15, 0.2) is 0 Å². The number of amides is 1. The number of likely N-dealkylation sites (N-methyl/N-ethyl adjacent to an activating group) is 1. The van der Waals surface area contributed by atoms with Crippen molar-refractivity contribution in [2.45, 2.75) is 19.9 Å². The fourth-order valence-corrected chi connectivity index (χ4v) is 1.35. The number of anilines is 1. The predicted molar refractivity (Wildman–Crippen MR) is 69.0 cm³/mol. The Morgan fingerprint density at radius 2 is 2.29 bits per heavy atom. The van der Waals surface area contributed by atoms with E-state index in [1.807, 2.05) is 0 Å². The second-order valence-electron chi connectivity index (χ2n) is 4.26. The molecule has 1 heterocycles. The summed E-state index contributed by atoms with van der Waals surface area (Å²) in [6.07, 6.45) is 1.64. The highest BCUT2D eigenvalue weighted by Gasteiger charge is 2.08. The van der Waals surface area contributed by atoms with Crippen LogP contribution in [0.4, 0.5) is 5.82 Å². The van der Waals surface area contributed by atoms with Gasteiger partial charge in [0.05, 0.1) is 5.56 Å². The third kappa shape index (κ3) is 4.03. The number of nitrogens with one attached hydrogen (secondary N) is 1. The molecular formula is C12H20N4O. The second kappa shape index (κ2) is 6.20. The molecule has 0 unspecified atom stereocenters. The minimum absolute atomic E-state index is 0.430. The highest BCUT2D eigenvalue weighted by Crippen LogP contribution is 2.09. The first kappa shape index (κ1) is 13.4. The highest BCUT2D eigenvalue weighted by molar-refractivity contribution is 5.97. The zero-order chi connectivity index (χ0) is 12.8. The zero-order valence-corrected chi connectivity index (χ0v) is 10.6. The lowest BCUT2D eigenvalue weighted by molar-refractivity contribution is 0.100. The molecule has 1 aromatic rings. The van der Waals surface area contributed by atoms with Gasteiger partial charge in [0.1, 0.15) is 5.82 Å². The molecule has 5 heteroatoms. The SMILES string of the molecule is CC(C)N(C)CCNc1ncccc1C(N)=O. The Hall–Kier alpha value is -1.62. The largest absolute Gasteiger partial charge is 0.368 e. The number of aromatic nitrogens is 1. The smallest absolute Gasteiger partial charge is 0.252 e. The number of primary amides is 1. The lowest BCUT2D eigenvalue weighted by atomic mass is 10.2. The molecule has 0 aliphatic rings. The summed E-state index contributed by atoms with van der Waals surface area (Å²) >= 11 is 0. The zero-order valence-electron chi connectivity index (χ0n) is 10.6. The monoisotopic (exact) mass is 236 g/mol. The number of hydrogen-bond donors (Lipinski definition) is 2.